The Hall–Kier alpha value is -3.35. The summed E-state index contributed by atoms with van der Waals surface area (Å²) < 4.78 is 15.6. The number of ether oxygens (including phenoxy) is 2. The van der Waals surface area contributed by atoms with Crippen LogP contribution in [0.25, 0.3) is 11.4 Å². The third-order valence-electron chi connectivity index (χ3n) is 4.01. The lowest BCUT2D eigenvalue weighted by Crippen LogP contribution is -2.13. The predicted molar refractivity (Wildman–Crippen MR) is 101 cm³/mol. The first-order chi connectivity index (χ1) is 13.1. The summed E-state index contributed by atoms with van der Waals surface area (Å²) in [6.07, 6.45) is 0.574. The van der Waals surface area contributed by atoms with Crippen molar-refractivity contribution in [2.75, 3.05) is 19.5 Å². The number of benzene rings is 2. The number of amides is 1. The molecule has 1 amide bonds. The SMILES string of the molecule is COc1ccc(-c2noc(CCC(=O)Nc3cc(C)ccc3OC)n2)cc1. The van der Waals surface area contributed by atoms with Crippen molar-refractivity contribution in [3.8, 4) is 22.9 Å². The quantitative estimate of drug-likeness (QED) is 0.686. The van der Waals surface area contributed by atoms with Crippen molar-refractivity contribution in [1.29, 1.82) is 0 Å². The van der Waals surface area contributed by atoms with Crippen LogP contribution in [0.2, 0.25) is 0 Å². The van der Waals surface area contributed by atoms with Gasteiger partial charge < -0.3 is 19.3 Å². The van der Waals surface area contributed by atoms with E-state index in [0.29, 0.717) is 29.6 Å². The van der Waals surface area contributed by atoms with Gasteiger partial charge in [-0.05, 0) is 48.9 Å². The molecule has 140 valence electrons. The van der Waals surface area contributed by atoms with E-state index in [-0.39, 0.29) is 12.3 Å². The molecule has 0 saturated carbocycles. The summed E-state index contributed by atoms with van der Waals surface area (Å²) in [7, 11) is 3.18. The second-order valence-electron chi connectivity index (χ2n) is 5.99. The number of anilines is 1. The average Bonchev–Trinajstić information content (AvgIpc) is 3.16. The van der Waals surface area contributed by atoms with Gasteiger partial charge in [0.05, 0.1) is 19.9 Å². The summed E-state index contributed by atoms with van der Waals surface area (Å²) in [5.74, 6) is 2.11. The van der Waals surface area contributed by atoms with E-state index in [1.165, 1.54) is 0 Å². The number of nitrogens with one attached hydrogen (secondary N) is 1. The molecule has 0 unspecified atom stereocenters. The molecular formula is C20H21N3O4. The first kappa shape index (κ1) is 18.4. The first-order valence-electron chi connectivity index (χ1n) is 8.50. The van der Waals surface area contributed by atoms with Crippen molar-refractivity contribution in [3.63, 3.8) is 0 Å². The zero-order valence-electron chi connectivity index (χ0n) is 15.5. The average molecular weight is 367 g/mol. The highest BCUT2D eigenvalue weighted by Crippen LogP contribution is 2.25. The summed E-state index contributed by atoms with van der Waals surface area (Å²) in [6.45, 7) is 1.95. The lowest BCUT2D eigenvalue weighted by atomic mass is 10.2. The molecular weight excluding hydrogens is 346 g/mol. The van der Waals surface area contributed by atoms with Crippen LogP contribution in [0.3, 0.4) is 0 Å². The number of carbonyl (C=O) groups excluding carboxylic acids is 1. The van der Waals surface area contributed by atoms with Gasteiger partial charge in [0.1, 0.15) is 11.5 Å². The molecule has 0 spiro atoms. The van der Waals surface area contributed by atoms with Crippen molar-refractivity contribution in [2.24, 2.45) is 0 Å². The number of aromatic nitrogens is 2. The molecule has 3 aromatic rings. The molecule has 0 bridgehead atoms. The van der Waals surface area contributed by atoms with Crippen LogP contribution in [-0.2, 0) is 11.2 Å². The normalized spacial score (nSPS) is 10.5. The number of nitrogens with zero attached hydrogens (tertiary/aromatic N) is 2. The number of aryl methyl sites for hydroxylation is 2. The third-order valence-corrected chi connectivity index (χ3v) is 4.01. The standard InChI is InChI=1S/C20H21N3O4/c1-13-4-9-17(26-3)16(12-13)21-18(24)10-11-19-22-20(23-27-19)14-5-7-15(25-2)8-6-14/h4-9,12H,10-11H2,1-3H3,(H,21,24). The van der Waals surface area contributed by atoms with E-state index in [1.807, 2.05) is 49.4 Å². The van der Waals surface area contributed by atoms with Crippen molar-refractivity contribution >= 4 is 11.6 Å². The van der Waals surface area contributed by atoms with Crippen LogP contribution in [0.1, 0.15) is 17.9 Å². The van der Waals surface area contributed by atoms with Crippen molar-refractivity contribution in [3.05, 3.63) is 53.9 Å². The summed E-state index contributed by atoms with van der Waals surface area (Å²) in [5.41, 5.74) is 2.50. The molecule has 1 N–H and O–H groups in total. The third kappa shape index (κ3) is 4.63. The van der Waals surface area contributed by atoms with Crippen molar-refractivity contribution < 1.29 is 18.8 Å². The fourth-order valence-electron chi connectivity index (χ4n) is 2.57. The van der Waals surface area contributed by atoms with Crippen LogP contribution < -0.4 is 14.8 Å². The fourth-order valence-corrected chi connectivity index (χ4v) is 2.57. The minimum atomic E-state index is -0.150. The topological polar surface area (TPSA) is 86.5 Å². The van der Waals surface area contributed by atoms with Gasteiger partial charge in [-0.1, -0.05) is 11.2 Å². The molecule has 2 aromatic carbocycles. The molecule has 1 aromatic heterocycles. The largest absolute Gasteiger partial charge is 0.497 e. The Morgan fingerprint density at radius 3 is 2.59 bits per heavy atom. The van der Waals surface area contributed by atoms with Gasteiger partial charge in [0.25, 0.3) is 0 Å². The second-order valence-corrected chi connectivity index (χ2v) is 5.99. The molecule has 0 radical (unpaired) electrons. The maximum absolute atomic E-state index is 12.2. The van der Waals surface area contributed by atoms with Crippen LogP contribution >= 0.6 is 0 Å². The fraction of sp³-hybridized carbons (Fsp3) is 0.250. The summed E-state index contributed by atoms with van der Waals surface area (Å²) in [5, 5.41) is 6.82. The van der Waals surface area contributed by atoms with Crippen molar-refractivity contribution in [2.45, 2.75) is 19.8 Å². The molecule has 3 rings (SSSR count). The van der Waals surface area contributed by atoms with Gasteiger partial charge in [-0.2, -0.15) is 4.98 Å². The van der Waals surface area contributed by atoms with Gasteiger partial charge in [-0.25, -0.2) is 0 Å². The van der Waals surface area contributed by atoms with Gasteiger partial charge in [0.2, 0.25) is 17.6 Å². The van der Waals surface area contributed by atoms with Crippen LogP contribution in [0.15, 0.2) is 47.0 Å². The van der Waals surface area contributed by atoms with Gasteiger partial charge in [0.15, 0.2) is 0 Å². The Morgan fingerprint density at radius 1 is 1.11 bits per heavy atom. The number of hydrogen-bond acceptors (Lipinski definition) is 6. The first-order valence-corrected chi connectivity index (χ1v) is 8.50. The van der Waals surface area contributed by atoms with Crippen LogP contribution in [0.5, 0.6) is 11.5 Å². The number of hydrogen-bond donors (Lipinski definition) is 1. The number of rotatable bonds is 7. The Kier molecular flexibility index (Phi) is 5.71. The Bertz CT molecular complexity index is 919. The molecule has 7 nitrogen and oxygen atoms in total. The molecule has 0 aliphatic rings. The molecule has 0 saturated heterocycles. The zero-order chi connectivity index (χ0) is 19.2. The second kappa shape index (κ2) is 8.35. The van der Waals surface area contributed by atoms with Crippen LogP contribution in [0, 0.1) is 6.92 Å². The van der Waals surface area contributed by atoms with Gasteiger partial charge in [0, 0.05) is 18.4 Å². The Morgan fingerprint density at radius 2 is 1.89 bits per heavy atom. The number of methoxy groups -OCH3 is 2. The molecule has 27 heavy (non-hydrogen) atoms. The maximum atomic E-state index is 12.2. The molecule has 7 heteroatoms. The highest BCUT2D eigenvalue weighted by molar-refractivity contribution is 5.92. The van der Waals surface area contributed by atoms with E-state index in [9.17, 15) is 4.79 Å². The van der Waals surface area contributed by atoms with Crippen LogP contribution in [-0.4, -0.2) is 30.3 Å². The smallest absolute Gasteiger partial charge is 0.227 e. The maximum Gasteiger partial charge on any atom is 0.227 e. The minimum absolute atomic E-state index is 0.150. The lowest BCUT2D eigenvalue weighted by Gasteiger charge is -2.10. The van der Waals surface area contributed by atoms with E-state index in [1.54, 1.807) is 14.2 Å². The summed E-state index contributed by atoms with van der Waals surface area (Å²) >= 11 is 0. The molecule has 0 aliphatic carbocycles. The van der Waals surface area contributed by atoms with Gasteiger partial charge in [-0.3, -0.25) is 4.79 Å². The van der Waals surface area contributed by atoms with E-state index < -0.39 is 0 Å². The molecule has 1 heterocycles. The minimum Gasteiger partial charge on any atom is -0.497 e. The van der Waals surface area contributed by atoms with Gasteiger partial charge in [-0.15, -0.1) is 0 Å². The highest BCUT2D eigenvalue weighted by atomic mass is 16.5. The molecule has 0 atom stereocenters. The molecule has 0 aliphatic heterocycles. The monoisotopic (exact) mass is 367 g/mol. The highest BCUT2D eigenvalue weighted by Gasteiger charge is 2.12. The van der Waals surface area contributed by atoms with Crippen LogP contribution in [0.4, 0.5) is 5.69 Å². The Labute approximate surface area is 157 Å². The van der Waals surface area contributed by atoms with Crippen molar-refractivity contribution in [1.82, 2.24) is 10.1 Å². The Balaban J connectivity index is 1.59. The zero-order valence-corrected chi connectivity index (χ0v) is 15.5. The van der Waals surface area contributed by atoms with E-state index in [4.69, 9.17) is 14.0 Å². The van der Waals surface area contributed by atoms with E-state index in [2.05, 4.69) is 15.5 Å². The summed E-state index contributed by atoms with van der Waals surface area (Å²) in [6, 6.07) is 13.0. The summed E-state index contributed by atoms with van der Waals surface area (Å²) in [4.78, 5) is 16.6. The lowest BCUT2D eigenvalue weighted by molar-refractivity contribution is -0.116. The van der Waals surface area contributed by atoms with Gasteiger partial charge >= 0.3 is 0 Å². The van der Waals surface area contributed by atoms with E-state index in [0.717, 1.165) is 16.9 Å². The number of carbonyl (C=O) groups is 1. The van der Waals surface area contributed by atoms with E-state index >= 15 is 0 Å². The predicted octanol–water partition coefficient (Wildman–Crippen LogP) is 3.63. The molecule has 0 fully saturated rings.